The van der Waals surface area contributed by atoms with Gasteiger partial charge in [0, 0.05) is 12.3 Å². The number of carbonyl (C=O) groups excluding carboxylic acids is 1. The van der Waals surface area contributed by atoms with Gasteiger partial charge in [-0.15, -0.1) is 0 Å². The molecule has 2 N–H and O–H groups in total. The second-order valence-electron chi connectivity index (χ2n) is 6.74. The molecule has 1 aromatic carbocycles. The number of fused-ring (bicyclic) bond motifs is 1. The summed E-state index contributed by atoms with van der Waals surface area (Å²) in [6.07, 6.45) is -5.61. The van der Waals surface area contributed by atoms with Crippen LogP contribution in [-0.4, -0.2) is 49.0 Å². The van der Waals surface area contributed by atoms with Crippen molar-refractivity contribution >= 4 is 31.7 Å². The third kappa shape index (κ3) is 3.77. The SMILES string of the molecule is CCOC(=O)C1=C(C(F)(F)F)NC2(O)CCS(=O)(=O)C2C1c1ccc(F)c(Br)c1. The number of hydrogen-bond acceptors (Lipinski definition) is 6. The van der Waals surface area contributed by atoms with Crippen LogP contribution in [0.3, 0.4) is 0 Å². The number of rotatable bonds is 3. The Morgan fingerprint density at radius 3 is 2.62 bits per heavy atom. The van der Waals surface area contributed by atoms with Crippen molar-refractivity contribution in [1.29, 1.82) is 0 Å². The van der Waals surface area contributed by atoms with Crippen LogP contribution in [0, 0.1) is 5.82 Å². The Morgan fingerprint density at radius 2 is 2.07 bits per heavy atom. The van der Waals surface area contributed by atoms with E-state index in [4.69, 9.17) is 4.74 Å². The Kier molecular flexibility index (Phi) is 5.50. The second kappa shape index (κ2) is 7.24. The number of esters is 1. The van der Waals surface area contributed by atoms with Gasteiger partial charge in [0.05, 0.1) is 22.4 Å². The Bertz CT molecular complexity index is 994. The molecule has 0 amide bonds. The molecule has 3 rings (SSSR count). The standard InChI is InChI=1S/C17H16BrF4NO5S/c1-2-28-15(24)12-11(8-3-4-10(19)9(18)7-8)14-16(25,5-6-29(14,26)27)23-13(12)17(20,21)22/h3-4,7,11,14,23,25H,2,5-6H2,1H3. The first kappa shape index (κ1) is 22.0. The van der Waals surface area contributed by atoms with Gasteiger partial charge in [-0.3, -0.25) is 0 Å². The molecule has 3 unspecified atom stereocenters. The van der Waals surface area contributed by atoms with Crippen molar-refractivity contribution < 1.29 is 40.6 Å². The molecule has 0 radical (unpaired) electrons. The molecule has 0 saturated carbocycles. The molecule has 2 aliphatic heterocycles. The molecule has 0 aliphatic carbocycles. The van der Waals surface area contributed by atoms with Gasteiger partial charge in [-0.25, -0.2) is 17.6 Å². The van der Waals surface area contributed by atoms with Crippen molar-refractivity contribution in [2.75, 3.05) is 12.4 Å². The maximum atomic E-state index is 13.8. The van der Waals surface area contributed by atoms with Crippen molar-refractivity contribution in [3.05, 3.63) is 45.3 Å². The zero-order valence-corrected chi connectivity index (χ0v) is 17.3. The number of benzene rings is 1. The van der Waals surface area contributed by atoms with E-state index in [1.165, 1.54) is 6.92 Å². The number of carbonyl (C=O) groups is 1. The summed E-state index contributed by atoms with van der Waals surface area (Å²) in [7, 11) is -4.11. The normalized spacial score (nSPS) is 28.7. The maximum absolute atomic E-state index is 13.8. The minimum Gasteiger partial charge on any atom is -0.463 e. The summed E-state index contributed by atoms with van der Waals surface area (Å²) in [6.45, 7) is 1.13. The van der Waals surface area contributed by atoms with E-state index in [1.807, 2.05) is 5.32 Å². The Morgan fingerprint density at radius 1 is 1.41 bits per heavy atom. The lowest BCUT2D eigenvalue weighted by atomic mass is 9.78. The zero-order valence-electron chi connectivity index (χ0n) is 14.9. The molecule has 12 heteroatoms. The molecule has 3 atom stereocenters. The molecule has 2 aliphatic rings. The Balaban J connectivity index is 2.36. The molecule has 1 aromatic rings. The lowest BCUT2D eigenvalue weighted by Crippen LogP contribution is -2.61. The number of nitrogens with one attached hydrogen (secondary N) is 1. The fraction of sp³-hybridized carbons (Fsp3) is 0.471. The molecule has 0 aromatic heterocycles. The van der Waals surface area contributed by atoms with Crippen molar-refractivity contribution in [1.82, 2.24) is 5.32 Å². The van der Waals surface area contributed by atoms with Crippen LogP contribution < -0.4 is 5.32 Å². The predicted molar refractivity (Wildman–Crippen MR) is 96.8 cm³/mol. The number of ether oxygens (including phenoxy) is 1. The molecule has 1 saturated heterocycles. The van der Waals surface area contributed by atoms with Gasteiger partial charge in [-0.05, 0) is 40.5 Å². The summed E-state index contributed by atoms with van der Waals surface area (Å²) in [5.41, 5.74) is -5.08. The summed E-state index contributed by atoms with van der Waals surface area (Å²) >= 11 is 2.91. The maximum Gasteiger partial charge on any atom is 0.431 e. The van der Waals surface area contributed by atoms with E-state index in [0.717, 1.165) is 18.2 Å². The third-order valence-corrected chi connectivity index (χ3v) is 7.75. The molecular weight excluding hydrogens is 486 g/mol. The molecule has 6 nitrogen and oxygen atoms in total. The lowest BCUT2D eigenvalue weighted by Gasteiger charge is -2.42. The van der Waals surface area contributed by atoms with E-state index < -0.39 is 68.1 Å². The van der Waals surface area contributed by atoms with Crippen LogP contribution in [0.1, 0.15) is 24.8 Å². The number of allylic oxidation sites excluding steroid dienone is 1. The highest BCUT2D eigenvalue weighted by molar-refractivity contribution is 9.10. The number of alkyl halides is 3. The van der Waals surface area contributed by atoms with E-state index in [0.29, 0.717) is 0 Å². The summed E-state index contributed by atoms with van der Waals surface area (Å²) in [5, 5.41) is 10.9. The number of halogens is 5. The van der Waals surface area contributed by atoms with E-state index in [-0.39, 0.29) is 16.6 Å². The van der Waals surface area contributed by atoms with E-state index in [1.54, 1.807) is 0 Å². The molecule has 0 bridgehead atoms. The highest BCUT2D eigenvalue weighted by Gasteiger charge is 2.63. The number of aliphatic hydroxyl groups is 1. The lowest BCUT2D eigenvalue weighted by molar-refractivity contribution is -0.143. The van der Waals surface area contributed by atoms with Gasteiger partial charge in [0.25, 0.3) is 0 Å². The van der Waals surface area contributed by atoms with Crippen LogP contribution in [0.15, 0.2) is 33.9 Å². The van der Waals surface area contributed by atoms with E-state index in [9.17, 15) is 35.9 Å². The summed E-state index contributed by atoms with van der Waals surface area (Å²) in [6, 6.07) is 3.10. The van der Waals surface area contributed by atoms with Gasteiger partial charge < -0.3 is 15.2 Å². The summed E-state index contributed by atoms with van der Waals surface area (Å²) in [5.74, 6) is -4.41. The van der Waals surface area contributed by atoms with Crippen LogP contribution in [0.5, 0.6) is 0 Å². The van der Waals surface area contributed by atoms with Crippen LogP contribution in [0.2, 0.25) is 0 Å². The molecule has 2 heterocycles. The molecule has 29 heavy (non-hydrogen) atoms. The molecule has 160 valence electrons. The minimum absolute atomic E-state index is 0.0847. The predicted octanol–water partition coefficient (Wildman–Crippen LogP) is 2.53. The number of sulfone groups is 1. The first-order valence-corrected chi connectivity index (χ1v) is 11.0. The highest BCUT2D eigenvalue weighted by Crippen LogP contribution is 2.50. The van der Waals surface area contributed by atoms with Crippen LogP contribution >= 0.6 is 15.9 Å². The van der Waals surface area contributed by atoms with Crippen molar-refractivity contribution in [3.8, 4) is 0 Å². The van der Waals surface area contributed by atoms with E-state index in [2.05, 4.69) is 15.9 Å². The highest BCUT2D eigenvalue weighted by atomic mass is 79.9. The van der Waals surface area contributed by atoms with Gasteiger partial charge in [0.15, 0.2) is 15.6 Å². The Hall–Kier alpha value is -1.66. The van der Waals surface area contributed by atoms with Gasteiger partial charge in [-0.1, -0.05) is 6.07 Å². The van der Waals surface area contributed by atoms with Crippen LogP contribution in [-0.2, 0) is 19.4 Å². The molecular formula is C17H16BrF4NO5S. The first-order valence-electron chi connectivity index (χ1n) is 8.47. The van der Waals surface area contributed by atoms with Crippen molar-refractivity contribution in [2.24, 2.45) is 0 Å². The van der Waals surface area contributed by atoms with Crippen molar-refractivity contribution in [2.45, 2.75) is 36.4 Å². The van der Waals surface area contributed by atoms with Gasteiger partial charge in [0.2, 0.25) is 0 Å². The van der Waals surface area contributed by atoms with E-state index >= 15 is 0 Å². The third-order valence-electron chi connectivity index (χ3n) is 4.93. The van der Waals surface area contributed by atoms with Gasteiger partial charge in [-0.2, -0.15) is 13.2 Å². The Labute approximate surface area is 172 Å². The van der Waals surface area contributed by atoms with Crippen LogP contribution in [0.25, 0.3) is 0 Å². The first-order chi connectivity index (χ1) is 13.3. The zero-order chi connectivity index (χ0) is 21.8. The average Bonchev–Trinajstić information content (AvgIpc) is 2.85. The average molecular weight is 502 g/mol. The van der Waals surface area contributed by atoms with Gasteiger partial charge in [0.1, 0.15) is 16.8 Å². The molecule has 0 spiro atoms. The quantitative estimate of drug-likeness (QED) is 0.488. The fourth-order valence-corrected chi connectivity index (χ4v) is 6.51. The monoisotopic (exact) mass is 501 g/mol. The smallest absolute Gasteiger partial charge is 0.431 e. The van der Waals surface area contributed by atoms with Crippen molar-refractivity contribution in [3.63, 3.8) is 0 Å². The largest absolute Gasteiger partial charge is 0.463 e. The summed E-state index contributed by atoms with van der Waals surface area (Å²) < 4.78 is 85.0. The summed E-state index contributed by atoms with van der Waals surface area (Å²) in [4.78, 5) is 12.5. The van der Waals surface area contributed by atoms with Gasteiger partial charge >= 0.3 is 12.1 Å². The number of hydrogen-bond donors (Lipinski definition) is 2. The van der Waals surface area contributed by atoms with Crippen LogP contribution in [0.4, 0.5) is 17.6 Å². The minimum atomic E-state index is -5.11. The topological polar surface area (TPSA) is 92.7 Å². The molecule has 1 fully saturated rings. The second-order valence-corrected chi connectivity index (χ2v) is 9.84. The fourth-order valence-electron chi connectivity index (χ4n) is 3.78.